The van der Waals surface area contributed by atoms with Crippen LogP contribution in [0.15, 0.2) is 12.5 Å². The SMILES string of the molecule is C=C(OCCCCCC)O[Si](CC)(CC)CC. The summed E-state index contributed by atoms with van der Waals surface area (Å²) in [4.78, 5) is 0. The summed E-state index contributed by atoms with van der Waals surface area (Å²) in [5, 5.41) is 0. The molecular weight excluding hydrogens is 228 g/mol. The van der Waals surface area contributed by atoms with Crippen molar-refractivity contribution in [2.24, 2.45) is 0 Å². The molecule has 0 aliphatic rings. The maximum absolute atomic E-state index is 6.01. The third kappa shape index (κ3) is 6.77. The molecule has 0 spiro atoms. The highest BCUT2D eigenvalue weighted by Crippen LogP contribution is 2.24. The Bertz CT molecular complexity index is 192. The zero-order chi connectivity index (χ0) is 13.1. The fourth-order valence-electron chi connectivity index (χ4n) is 1.95. The van der Waals surface area contributed by atoms with E-state index in [-0.39, 0.29) is 0 Å². The van der Waals surface area contributed by atoms with Crippen LogP contribution in [0, 0.1) is 0 Å². The lowest BCUT2D eigenvalue weighted by atomic mass is 10.2. The van der Waals surface area contributed by atoms with Crippen LogP contribution >= 0.6 is 0 Å². The standard InChI is InChI=1S/C14H30O2Si/c1-6-10-11-12-13-15-14(5)16-17(7-2,8-3)9-4/h5-13H2,1-4H3. The Kier molecular flexibility index (Phi) is 9.32. The highest BCUT2D eigenvalue weighted by atomic mass is 28.4. The van der Waals surface area contributed by atoms with E-state index in [0.29, 0.717) is 5.95 Å². The molecule has 0 amide bonds. The van der Waals surface area contributed by atoms with E-state index < -0.39 is 8.32 Å². The molecular formula is C14H30O2Si. The van der Waals surface area contributed by atoms with Gasteiger partial charge in [-0.1, -0.05) is 47.0 Å². The molecule has 2 nitrogen and oxygen atoms in total. The van der Waals surface area contributed by atoms with E-state index in [1.165, 1.54) is 19.3 Å². The third-order valence-electron chi connectivity index (χ3n) is 3.52. The normalized spacial score (nSPS) is 11.3. The summed E-state index contributed by atoms with van der Waals surface area (Å²) in [6.07, 6.45) is 4.89. The van der Waals surface area contributed by atoms with Crippen LogP contribution in [0.4, 0.5) is 0 Å². The number of hydrogen-bond donors (Lipinski definition) is 0. The first-order valence-corrected chi connectivity index (χ1v) is 9.67. The lowest BCUT2D eigenvalue weighted by Crippen LogP contribution is -2.35. The highest BCUT2D eigenvalue weighted by molar-refractivity contribution is 6.73. The topological polar surface area (TPSA) is 18.5 Å². The molecule has 0 bridgehead atoms. The summed E-state index contributed by atoms with van der Waals surface area (Å²) in [6.45, 7) is 13.5. The fourth-order valence-corrected chi connectivity index (χ4v) is 4.43. The van der Waals surface area contributed by atoms with Crippen LogP contribution in [-0.4, -0.2) is 14.9 Å². The maximum Gasteiger partial charge on any atom is 0.257 e. The van der Waals surface area contributed by atoms with E-state index >= 15 is 0 Å². The summed E-state index contributed by atoms with van der Waals surface area (Å²) in [6, 6.07) is 3.41. The van der Waals surface area contributed by atoms with Crippen molar-refractivity contribution >= 4 is 8.32 Å². The van der Waals surface area contributed by atoms with Crippen molar-refractivity contribution in [2.75, 3.05) is 6.61 Å². The number of ether oxygens (including phenoxy) is 1. The van der Waals surface area contributed by atoms with Crippen molar-refractivity contribution < 1.29 is 9.16 Å². The van der Waals surface area contributed by atoms with Gasteiger partial charge in [-0.3, -0.25) is 0 Å². The van der Waals surface area contributed by atoms with E-state index in [1.54, 1.807) is 0 Å². The second kappa shape index (κ2) is 9.57. The predicted octanol–water partition coefficient (Wildman–Crippen LogP) is 5.08. The average Bonchev–Trinajstić information content (AvgIpc) is 2.36. The molecule has 0 atom stereocenters. The number of unbranched alkanes of at least 4 members (excludes halogenated alkanes) is 3. The van der Waals surface area contributed by atoms with Crippen LogP contribution < -0.4 is 0 Å². The Morgan fingerprint density at radius 1 is 0.941 bits per heavy atom. The molecule has 3 heteroatoms. The summed E-state index contributed by atoms with van der Waals surface area (Å²) in [5.41, 5.74) is 0. The molecule has 102 valence electrons. The van der Waals surface area contributed by atoms with E-state index in [1.807, 2.05) is 0 Å². The zero-order valence-corrected chi connectivity index (χ0v) is 13.2. The first-order valence-electron chi connectivity index (χ1n) is 7.14. The summed E-state index contributed by atoms with van der Waals surface area (Å²) >= 11 is 0. The Morgan fingerprint density at radius 3 is 2.00 bits per heavy atom. The van der Waals surface area contributed by atoms with Crippen LogP contribution in [0.25, 0.3) is 0 Å². The van der Waals surface area contributed by atoms with E-state index in [4.69, 9.17) is 9.16 Å². The van der Waals surface area contributed by atoms with E-state index in [2.05, 4.69) is 34.3 Å². The summed E-state index contributed by atoms with van der Waals surface area (Å²) < 4.78 is 11.6. The fraction of sp³-hybridized carbons (Fsp3) is 0.857. The first kappa shape index (κ1) is 16.6. The van der Waals surface area contributed by atoms with Gasteiger partial charge >= 0.3 is 0 Å². The van der Waals surface area contributed by atoms with Crippen molar-refractivity contribution in [1.29, 1.82) is 0 Å². The van der Waals surface area contributed by atoms with Crippen LogP contribution in [0.1, 0.15) is 53.4 Å². The first-order chi connectivity index (χ1) is 8.14. The molecule has 0 rings (SSSR count). The molecule has 0 saturated carbocycles. The molecule has 0 aromatic carbocycles. The van der Waals surface area contributed by atoms with Gasteiger partial charge in [-0.25, -0.2) is 0 Å². The Hall–Kier alpha value is -0.443. The van der Waals surface area contributed by atoms with Gasteiger partial charge in [-0.15, -0.1) is 0 Å². The van der Waals surface area contributed by atoms with E-state index in [9.17, 15) is 0 Å². The molecule has 0 aliphatic carbocycles. The van der Waals surface area contributed by atoms with Crippen molar-refractivity contribution in [3.63, 3.8) is 0 Å². The largest absolute Gasteiger partial charge is 0.519 e. The molecule has 0 aromatic rings. The minimum absolute atomic E-state index is 0.554. The monoisotopic (exact) mass is 258 g/mol. The highest BCUT2D eigenvalue weighted by Gasteiger charge is 2.31. The molecule has 0 saturated heterocycles. The maximum atomic E-state index is 6.01. The van der Waals surface area contributed by atoms with E-state index in [0.717, 1.165) is 31.2 Å². The van der Waals surface area contributed by atoms with Crippen molar-refractivity contribution in [1.82, 2.24) is 0 Å². The Balaban J connectivity index is 3.83. The molecule has 0 unspecified atom stereocenters. The van der Waals surface area contributed by atoms with Crippen molar-refractivity contribution in [2.45, 2.75) is 71.5 Å². The third-order valence-corrected chi connectivity index (χ3v) is 8.05. The lowest BCUT2D eigenvalue weighted by molar-refractivity contribution is 0.0992. The Labute approximate surface area is 109 Å². The lowest BCUT2D eigenvalue weighted by Gasteiger charge is -2.29. The van der Waals surface area contributed by atoms with Crippen LogP contribution in [0.2, 0.25) is 18.1 Å². The van der Waals surface area contributed by atoms with Crippen LogP contribution in [0.3, 0.4) is 0 Å². The van der Waals surface area contributed by atoms with Crippen LogP contribution in [-0.2, 0) is 9.16 Å². The smallest absolute Gasteiger partial charge is 0.257 e. The summed E-state index contributed by atoms with van der Waals surface area (Å²) in [5.74, 6) is 0.554. The van der Waals surface area contributed by atoms with Crippen molar-refractivity contribution in [3.8, 4) is 0 Å². The van der Waals surface area contributed by atoms with Gasteiger partial charge in [0.1, 0.15) is 0 Å². The van der Waals surface area contributed by atoms with Crippen LogP contribution in [0.5, 0.6) is 0 Å². The molecule has 0 heterocycles. The van der Waals surface area contributed by atoms with Gasteiger partial charge < -0.3 is 9.16 Å². The van der Waals surface area contributed by atoms with Gasteiger partial charge in [0.05, 0.1) is 6.61 Å². The minimum atomic E-state index is -1.58. The Morgan fingerprint density at radius 2 is 1.53 bits per heavy atom. The molecule has 0 radical (unpaired) electrons. The quantitative estimate of drug-likeness (QED) is 0.292. The van der Waals surface area contributed by atoms with Gasteiger partial charge in [0.2, 0.25) is 0 Å². The number of hydrogen-bond acceptors (Lipinski definition) is 2. The predicted molar refractivity (Wildman–Crippen MR) is 77.5 cm³/mol. The molecule has 0 N–H and O–H groups in total. The molecule has 0 aromatic heterocycles. The second-order valence-corrected chi connectivity index (χ2v) is 9.32. The molecule has 0 fully saturated rings. The average molecular weight is 258 g/mol. The van der Waals surface area contributed by atoms with Gasteiger partial charge in [0.25, 0.3) is 14.3 Å². The van der Waals surface area contributed by atoms with Gasteiger partial charge in [-0.2, -0.15) is 0 Å². The second-order valence-electron chi connectivity index (χ2n) is 4.63. The zero-order valence-electron chi connectivity index (χ0n) is 12.2. The molecule has 17 heavy (non-hydrogen) atoms. The minimum Gasteiger partial charge on any atom is -0.519 e. The number of rotatable bonds is 11. The van der Waals surface area contributed by atoms with Gasteiger partial charge in [0, 0.05) is 0 Å². The summed E-state index contributed by atoms with van der Waals surface area (Å²) in [7, 11) is -1.58. The van der Waals surface area contributed by atoms with Gasteiger partial charge in [-0.05, 0) is 31.1 Å². The van der Waals surface area contributed by atoms with Crippen molar-refractivity contribution in [3.05, 3.63) is 12.5 Å². The van der Waals surface area contributed by atoms with Gasteiger partial charge in [0.15, 0.2) is 0 Å². The molecule has 0 aliphatic heterocycles.